The minimum atomic E-state index is -1.12. The van der Waals surface area contributed by atoms with E-state index in [0.717, 1.165) is 36.2 Å². The fourth-order valence-corrected chi connectivity index (χ4v) is 5.90. The van der Waals surface area contributed by atoms with Crippen LogP contribution < -0.4 is 0 Å². The SMILES string of the molecule is CCCCC1CCC2CC(c3ccc4cc(C(=O)OC)c(F)c(F)c4c3)CCC2C1. The Morgan fingerprint density at radius 3 is 2.57 bits per heavy atom. The highest BCUT2D eigenvalue weighted by Crippen LogP contribution is 2.48. The molecular weight excluding hydrogens is 382 g/mol. The van der Waals surface area contributed by atoms with Crippen LogP contribution in [0.25, 0.3) is 10.8 Å². The molecule has 0 aromatic heterocycles. The number of carbonyl (C=O) groups is 1. The molecule has 0 amide bonds. The average Bonchev–Trinajstić information content (AvgIpc) is 2.78. The first-order valence-corrected chi connectivity index (χ1v) is 11.5. The predicted molar refractivity (Wildman–Crippen MR) is 116 cm³/mol. The van der Waals surface area contributed by atoms with E-state index < -0.39 is 17.6 Å². The fourth-order valence-electron chi connectivity index (χ4n) is 5.90. The Labute approximate surface area is 178 Å². The number of hydrogen-bond acceptors (Lipinski definition) is 2. The second kappa shape index (κ2) is 9.03. The van der Waals surface area contributed by atoms with Crippen LogP contribution in [0.5, 0.6) is 0 Å². The van der Waals surface area contributed by atoms with Gasteiger partial charge in [0.15, 0.2) is 11.6 Å². The standard InChI is InChI=1S/C26H32F2O2/c1-3-4-5-16-6-7-18-13-19(9-8-17(18)12-16)20-10-11-21-15-23(26(29)30-2)25(28)24(27)22(21)14-20/h10-11,14-19H,3-9,12-13H2,1-2H3. The number of esters is 1. The van der Waals surface area contributed by atoms with Gasteiger partial charge in [-0.25, -0.2) is 13.6 Å². The first-order chi connectivity index (χ1) is 14.5. The van der Waals surface area contributed by atoms with Crippen molar-refractivity contribution in [3.8, 4) is 0 Å². The molecule has 2 aliphatic rings. The topological polar surface area (TPSA) is 26.3 Å². The highest BCUT2D eigenvalue weighted by Gasteiger charge is 2.36. The Morgan fingerprint density at radius 2 is 1.80 bits per heavy atom. The van der Waals surface area contributed by atoms with Crippen LogP contribution in [0.15, 0.2) is 24.3 Å². The number of ether oxygens (including phenoxy) is 1. The third-order valence-electron chi connectivity index (χ3n) is 7.61. The van der Waals surface area contributed by atoms with Gasteiger partial charge in [0.05, 0.1) is 12.7 Å². The molecule has 0 saturated heterocycles. The van der Waals surface area contributed by atoms with Crippen LogP contribution in [0.4, 0.5) is 8.78 Å². The van der Waals surface area contributed by atoms with Crippen molar-refractivity contribution in [3.63, 3.8) is 0 Å². The summed E-state index contributed by atoms with van der Waals surface area (Å²) >= 11 is 0. The lowest BCUT2D eigenvalue weighted by Crippen LogP contribution is -2.30. The van der Waals surface area contributed by atoms with E-state index in [0.29, 0.717) is 11.3 Å². The molecule has 4 unspecified atom stereocenters. The highest BCUT2D eigenvalue weighted by molar-refractivity contribution is 5.96. The summed E-state index contributed by atoms with van der Waals surface area (Å²) < 4.78 is 33.7. The summed E-state index contributed by atoms with van der Waals surface area (Å²) in [7, 11) is 1.17. The number of unbranched alkanes of at least 4 members (excludes halogenated alkanes) is 1. The molecule has 2 aromatic carbocycles. The van der Waals surface area contributed by atoms with Crippen molar-refractivity contribution in [2.24, 2.45) is 17.8 Å². The summed E-state index contributed by atoms with van der Waals surface area (Å²) in [5.41, 5.74) is 0.744. The number of rotatable bonds is 5. The normalized spacial score (nSPS) is 26.4. The van der Waals surface area contributed by atoms with E-state index in [4.69, 9.17) is 0 Å². The molecule has 4 rings (SSSR count). The summed E-state index contributed by atoms with van der Waals surface area (Å²) in [6.07, 6.45) is 11.6. The summed E-state index contributed by atoms with van der Waals surface area (Å²) in [6, 6.07) is 7.02. The summed E-state index contributed by atoms with van der Waals surface area (Å²) in [5, 5.41) is 0.784. The minimum absolute atomic E-state index is 0.253. The van der Waals surface area contributed by atoms with Gasteiger partial charge in [-0.05, 0) is 78.9 Å². The quantitative estimate of drug-likeness (QED) is 0.477. The highest BCUT2D eigenvalue weighted by atomic mass is 19.2. The molecule has 0 bridgehead atoms. The lowest BCUT2D eigenvalue weighted by atomic mass is 9.63. The first-order valence-electron chi connectivity index (χ1n) is 11.5. The molecule has 2 fully saturated rings. The van der Waals surface area contributed by atoms with Gasteiger partial charge in [-0.3, -0.25) is 0 Å². The van der Waals surface area contributed by atoms with Crippen LogP contribution in [0, 0.1) is 29.4 Å². The molecule has 2 nitrogen and oxygen atoms in total. The van der Waals surface area contributed by atoms with E-state index in [1.807, 2.05) is 12.1 Å². The second-order valence-electron chi connectivity index (χ2n) is 9.38. The van der Waals surface area contributed by atoms with Crippen molar-refractivity contribution in [1.29, 1.82) is 0 Å². The van der Waals surface area contributed by atoms with E-state index >= 15 is 0 Å². The summed E-state index contributed by atoms with van der Waals surface area (Å²) in [6.45, 7) is 2.27. The maximum absolute atomic E-state index is 14.7. The largest absolute Gasteiger partial charge is 0.465 e. The van der Waals surface area contributed by atoms with Crippen LogP contribution in [0.1, 0.15) is 86.6 Å². The molecule has 2 aliphatic carbocycles. The Hall–Kier alpha value is -1.97. The minimum Gasteiger partial charge on any atom is -0.465 e. The molecule has 4 heteroatoms. The van der Waals surface area contributed by atoms with Crippen molar-refractivity contribution < 1.29 is 18.3 Å². The number of methoxy groups -OCH3 is 1. The zero-order valence-corrected chi connectivity index (χ0v) is 18.1. The molecule has 0 aliphatic heterocycles. The number of carbonyl (C=O) groups excluding carboxylic acids is 1. The molecule has 162 valence electrons. The zero-order chi connectivity index (χ0) is 21.3. The summed E-state index contributed by atoms with van der Waals surface area (Å²) in [4.78, 5) is 11.7. The van der Waals surface area contributed by atoms with E-state index in [1.165, 1.54) is 58.1 Å². The maximum Gasteiger partial charge on any atom is 0.340 e. The van der Waals surface area contributed by atoms with Gasteiger partial charge in [0.1, 0.15) is 0 Å². The van der Waals surface area contributed by atoms with Gasteiger partial charge in [-0.15, -0.1) is 0 Å². The van der Waals surface area contributed by atoms with Crippen LogP contribution in [-0.4, -0.2) is 13.1 Å². The zero-order valence-electron chi connectivity index (χ0n) is 18.1. The lowest BCUT2D eigenvalue weighted by Gasteiger charge is -2.42. The monoisotopic (exact) mass is 414 g/mol. The summed E-state index contributed by atoms with van der Waals surface area (Å²) in [5.74, 6) is -0.0180. The van der Waals surface area contributed by atoms with Crippen LogP contribution in [0.2, 0.25) is 0 Å². The predicted octanol–water partition coefficient (Wildman–Crippen LogP) is 7.39. The molecule has 2 aromatic rings. The fraction of sp³-hybridized carbons (Fsp3) is 0.577. The van der Waals surface area contributed by atoms with E-state index in [1.54, 1.807) is 6.07 Å². The van der Waals surface area contributed by atoms with Crippen LogP contribution in [0.3, 0.4) is 0 Å². The number of halogens is 2. The Morgan fingerprint density at radius 1 is 1.03 bits per heavy atom. The van der Waals surface area contributed by atoms with Crippen molar-refractivity contribution in [2.45, 2.75) is 70.6 Å². The van der Waals surface area contributed by atoms with Gasteiger partial charge in [0, 0.05) is 5.39 Å². The first kappa shape index (κ1) is 21.3. The Bertz CT molecular complexity index is 923. The molecule has 2 saturated carbocycles. The van der Waals surface area contributed by atoms with Gasteiger partial charge < -0.3 is 4.74 Å². The average molecular weight is 415 g/mol. The number of benzene rings is 2. The Balaban J connectivity index is 1.52. The van der Waals surface area contributed by atoms with Crippen LogP contribution in [-0.2, 0) is 4.74 Å². The third kappa shape index (κ3) is 4.10. The van der Waals surface area contributed by atoms with E-state index in [9.17, 15) is 13.6 Å². The molecule has 0 radical (unpaired) electrons. The smallest absolute Gasteiger partial charge is 0.340 e. The van der Waals surface area contributed by atoms with Crippen molar-refractivity contribution in [1.82, 2.24) is 0 Å². The van der Waals surface area contributed by atoms with Crippen molar-refractivity contribution >= 4 is 16.7 Å². The van der Waals surface area contributed by atoms with Crippen LogP contribution >= 0.6 is 0 Å². The second-order valence-corrected chi connectivity index (χ2v) is 9.38. The number of fused-ring (bicyclic) bond motifs is 2. The number of hydrogen-bond donors (Lipinski definition) is 0. The molecule has 4 atom stereocenters. The molecular formula is C26H32F2O2. The molecule has 0 N–H and O–H groups in total. The lowest BCUT2D eigenvalue weighted by molar-refractivity contribution is 0.0594. The van der Waals surface area contributed by atoms with Crippen molar-refractivity contribution in [2.75, 3.05) is 7.11 Å². The maximum atomic E-state index is 14.7. The third-order valence-corrected chi connectivity index (χ3v) is 7.61. The van der Waals surface area contributed by atoms with Gasteiger partial charge >= 0.3 is 5.97 Å². The van der Waals surface area contributed by atoms with Crippen molar-refractivity contribution in [3.05, 3.63) is 47.0 Å². The van der Waals surface area contributed by atoms with Gasteiger partial charge in [-0.2, -0.15) is 0 Å². The molecule has 0 heterocycles. The van der Waals surface area contributed by atoms with E-state index in [-0.39, 0.29) is 10.9 Å². The molecule has 0 spiro atoms. The van der Waals surface area contributed by atoms with Gasteiger partial charge in [0.25, 0.3) is 0 Å². The Kier molecular flexibility index (Phi) is 6.40. The van der Waals surface area contributed by atoms with E-state index in [2.05, 4.69) is 11.7 Å². The molecule has 30 heavy (non-hydrogen) atoms. The van der Waals surface area contributed by atoms with Gasteiger partial charge in [0.2, 0.25) is 0 Å². The van der Waals surface area contributed by atoms with Gasteiger partial charge in [-0.1, -0.05) is 44.7 Å².